The van der Waals surface area contributed by atoms with Gasteiger partial charge in [-0.2, -0.15) is 0 Å². The molecule has 1 atom stereocenters. The van der Waals surface area contributed by atoms with E-state index in [4.69, 9.17) is 17.3 Å². The van der Waals surface area contributed by atoms with Gasteiger partial charge in [0.15, 0.2) is 5.78 Å². The lowest BCUT2D eigenvalue weighted by molar-refractivity contribution is 0.0900. The molecular weight excluding hydrogens is 246 g/mol. The molecule has 18 heavy (non-hydrogen) atoms. The summed E-state index contributed by atoms with van der Waals surface area (Å²) in [4.78, 5) is 12.5. The van der Waals surface area contributed by atoms with E-state index in [1.54, 1.807) is 31.2 Å². The molecule has 0 aliphatic carbocycles. The van der Waals surface area contributed by atoms with Crippen molar-refractivity contribution in [2.24, 2.45) is 5.73 Å². The maximum absolute atomic E-state index is 12.5. The number of Topliss-reactive ketones (excluding diaryl/α,β-unsaturated/α-hetero) is 1. The van der Waals surface area contributed by atoms with E-state index in [-0.39, 0.29) is 5.78 Å². The molecule has 1 unspecified atom stereocenters. The predicted molar refractivity (Wildman–Crippen MR) is 73.8 cm³/mol. The molecule has 0 aliphatic heterocycles. The van der Waals surface area contributed by atoms with Crippen LogP contribution in [-0.4, -0.2) is 5.78 Å². The Balaban J connectivity index is 2.43. The van der Waals surface area contributed by atoms with Crippen molar-refractivity contribution in [1.29, 1.82) is 0 Å². The van der Waals surface area contributed by atoms with Crippen LogP contribution in [0.5, 0.6) is 0 Å². The summed E-state index contributed by atoms with van der Waals surface area (Å²) in [6.45, 7) is 1.70. The molecule has 0 radical (unpaired) electrons. The van der Waals surface area contributed by atoms with E-state index < -0.39 is 5.54 Å². The highest BCUT2D eigenvalue weighted by atomic mass is 35.5. The smallest absolute Gasteiger partial charge is 0.188 e. The number of hydrogen-bond donors (Lipinski definition) is 1. The molecule has 0 spiro atoms. The quantitative estimate of drug-likeness (QED) is 0.859. The Morgan fingerprint density at radius 2 is 1.61 bits per heavy atom. The molecule has 2 aromatic rings. The first-order valence-corrected chi connectivity index (χ1v) is 6.05. The van der Waals surface area contributed by atoms with Crippen LogP contribution in [0, 0.1) is 0 Å². The van der Waals surface area contributed by atoms with Crippen LogP contribution in [0.25, 0.3) is 0 Å². The van der Waals surface area contributed by atoms with Crippen molar-refractivity contribution in [3.8, 4) is 0 Å². The molecule has 0 heterocycles. The summed E-state index contributed by atoms with van der Waals surface area (Å²) in [6.07, 6.45) is 0. The molecule has 0 bridgehead atoms. The van der Waals surface area contributed by atoms with Gasteiger partial charge in [0.05, 0.1) is 5.02 Å². The van der Waals surface area contributed by atoms with Crippen molar-refractivity contribution in [2.45, 2.75) is 12.5 Å². The summed E-state index contributed by atoms with van der Waals surface area (Å²) in [5, 5.41) is 0.426. The standard InChI is InChI=1S/C15H14ClNO/c1-15(17,11-7-3-2-4-8-11)14(18)12-9-5-6-10-13(12)16/h2-10H,17H2,1H3. The van der Waals surface area contributed by atoms with Gasteiger partial charge in [-0.15, -0.1) is 0 Å². The molecule has 2 nitrogen and oxygen atoms in total. The zero-order valence-electron chi connectivity index (χ0n) is 10.1. The minimum Gasteiger partial charge on any atom is -0.315 e. The molecule has 0 saturated carbocycles. The monoisotopic (exact) mass is 259 g/mol. The zero-order valence-corrected chi connectivity index (χ0v) is 10.8. The van der Waals surface area contributed by atoms with Crippen molar-refractivity contribution < 1.29 is 4.79 Å². The summed E-state index contributed by atoms with van der Waals surface area (Å²) >= 11 is 6.04. The van der Waals surface area contributed by atoms with Gasteiger partial charge in [-0.1, -0.05) is 54.1 Å². The molecule has 0 saturated heterocycles. The Bertz CT molecular complexity index is 564. The highest BCUT2D eigenvalue weighted by molar-refractivity contribution is 6.34. The molecule has 2 N–H and O–H groups in total. The second-order valence-corrected chi connectivity index (χ2v) is 4.78. The predicted octanol–water partition coefficient (Wildman–Crippen LogP) is 3.40. The maximum atomic E-state index is 12.5. The van der Waals surface area contributed by atoms with Gasteiger partial charge in [-0.25, -0.2) is 0 Å². The van der Waals surface area contributed by atoms with E-state index in [0.29, 0.717) is 10.6 Å². The topological polar surface area (TPSA) is 43.1 Å². The third-order valence-corrected chi connectivity index (χ3v) is 3.29. The summed E-state index contributed by atoms with van der Waals surface area (Å²) < 4.78 is 0. The molecule has 0 aliphatic rings. The molecule has 2 aromatic carbocycles. The molecule has 0 amide bonds. The van der Waals surface area contributed by atoms with Gasteiger partial charge in [0, 0.05) is 5.56 Å². The van der Waals surface area contributed by atoms with E-state index in [2.05, 4.69) is 0 Å². The average Bonchev–Trinajstić information content (AvgIpc) is 2.39. The van der Waals surface area contributed by atoms with Crippen LogP contribution < -0.4 is 5.73 Å². The van der Waals surface area contributed by atoms with Crippen LogP contribution in [0.15, 0.2) is 54.6 Å². The first kappa shape index (κ1) is 12.8. The summed E-state index contributed by atoms with van der Waals surface area (Å²) in [7, 11) is 0. The molecular formula is C15H14ClNO. The first-order valence-electron chi connectivity index (χ1n) is 5.67. The van der Waals surface area contributed by atoms with E-state index in [0.717, 1.165) is 5.56 Å². The number of carbonyl (C=O) groups is 1. The zero-order chi connectivity index (χ0) is 13.2. The van der Waals surface area contributed by atoms with Gasteiger partial charge in [0.1, 0.15) is 5.54 Å². The lowest BCUT2D eigenvalue weighted by atomic mass is 9.85. The Morgan fingerprint density at radius 1 is 1.06 bits per heavy atom. The number of carbonyl (C=O) groups excluding carboxylic acids is 1. The van der Waals surface area contributed by atoms with Gasteiger partial charge < -0.3 is 5.73 Å². The van der Waals surface area contributed by atoms with E-state index in [1.165, 1.54) is 0 Å². The number of halogens is 1. The number of rotatable bonds is 3. The van der Waals surface area contributed by atoms with Crippen LogP contribution in [0.3, 0.4) is 0 Å². The fraction of sp³-hybridized carbons (Fsp3) is 0.133. The highest BCUT2D eigenvalue weighted by Gasteiger charge is 2.32. The van der Waals surface area contributed by atoms with Gasteiger partial charge in [0.2, 0.25) is 0 Å². The molecule has 0 fully saturated rings. The summed E-state index contributed by atoms with van der Waals surface area (Å²) in [6, 6.07) is 16.2. The fourth-order valence-corrected chi connectivity index (χ4v) is 2.06. The number of hydrogen-bond acceptors (Lipinski definition) is 2. The second kappa shape index (κ2) is 4.92. The maximum Gasteiger partial charge on any atom is 0.188 e. The number of benzene rings is 2. The van der Waals surface area contributed by atoms with Crippen LogP contribution in [0.2, 0.25) is 5.02 Å². The van der Waals surface area contributed by atoms with Gasteiger partial charge in [-0.05, 0) is 24.6 Å². The summed E-state index contributed by atoms with van der Waals surface area (Å²) in [5.41, 5.74) is 6.32. The SMILES string of the molecule is CC(N)(C(=O)c1ccccc1Cl)c1ccccc1. The minimum atomic E-state index is -1.08. The largest absolute Gasteiger partial charge is 0.315 e. The summed E-state index contributed by atoms with van der Waals surface area (Å²) in [5.74, 6) is -0.181. The third kappa shape index (κ3) is 2.30. The Morgan fingerprint density at radius 3 is 2.22 bits per heavy atom. The van der Waals surface area contributed by atoms with Crippen LogP contribution in [0.1, 0.15) is 22.8 Å². The Hall–Kier alpha value is -1.64. The lowest BCUT2D eigenvalue weighted by Crippen LogP contribution is -2.42. The molecule has 0 aromatic heterocycles. The van der Waals surface area contributed by atoms with Gasteiger partial charge in [0.25, 0.3) is 0 Å². The first-order chi connectivity index (χ1) is 8.53. The van der Waals surface area contributed by atoms with E-state index >= 15 is 0 Å². The third-order valence-electron chi connectivity index (χ3n) is 2.96. The van der Waals surface area contributed by atoms with Crippen molar-refractivity contribution in [3.63, 3.8) is 0 Å². The van der Waals surface area contributed by atoms with Crippen LogP contribution >= 0.6 is 11.6 Å². The average molecular weight is 260 g/mol. The number of nitrogens with two attached hydrogens (primary N) is 1. The molecule has 92 valence electrons. The molecule has 3 heteroatoms. The van der Waals surface area contributed by atoms with E-state index in [9.17, 15) is 4.79 Å². The lowest BCUT2D eigenvalue weighted by Gasteiger charge is -2.24. The number of ketones is 1. The van der Waals surface area contributed by atoms with E-state index in [1.807, 2.05) is 30.3 Å². The Kier molecular flexibility index (Phi) is 3.50. The van der Waals surface area contributed by atoms with Gasteiger partial charge in [-0.3, -0.25) is 4.79 Å². The van der Waals surface area contributed by atoms with Crippen molar-refractivity contribution in [2.75, 3.05) is 0 Å². The van der Waals surface area contributed by atoms with Crippen molar-refractivity contribution >= 4 is 17.4 Å². The minimum absolute atomic E-state index is 0.181. The van der Waals surface area contributed by atoms with Crippen molar-refractivity contribution in [1.82, 2.24) is 0 Å². The normalized spacial score (nSPS) is 13.9. The highest BCUT2D eigenvalue weighted by Crippen LogP contribution is 2.26. The van der Waals surface area contributed by atoms with Crippen molar-refractivity contribution in [3.05, 3.63) is 70.7 Å². The van der Waals surface area contributed by atoms with Crippen LogP contribution in [-0.2, 0) is 5.54 Å². The Labute approximate surface area is 111 Å². The van der Waals surface area contributed by atoms with Crippen LogP contribution in [0.4, 0.5) is 0 Å². The van der Waals surface area contributed by atoms with Gasteiger partial charge >= 0.3 is 0 Å². The second-order valence-electron chi connectivity index (χ2n) is 4.38. The fourth-order valence-electron chi connectivity index (χ4n) is 1.84. The molecule has 2 rings (SSSR count).